The third-order valence-corrected chi connectivity index (χ3v) is 4.66. The maximum absolute atomic E-state index is 12.0. The number of fused-ring (bicyclic) bond motifs is 3. The fourth-order valence-electron chi connectivity index (χ4n) is 3.29. The Morgan fingerprint density at radius 3 is 2.25 bits per heavy atom. The standard InChI is InChI=1S/C19H17NO4/c1-19(11-24-17(19)21)20-18(22)23-10-16-14-8-4-2-6-12(14)13-7-3-5-9-15(13)16/h2-9,16H,10-11H2,1H3,(H,20,22)/t19-/m0/s1. The van der Waals surface area contributed by atoms with E-state index in [4.69, 9.17) is 9.47 Å². The van der Waals surface area contributed by atoms with Gasteiger partial charge in [-0.2, -0.15) is 0 Å². The highest BCUT2D eigenvalue weighted by molar-refractivity contribution is 5.89. The molecule has 1 N–H and O–H groups in total. The number of amides is 1. The molecule has 0 spiro atoms. The van der Waals surface area contributed by atoms with Crippen LogP contribution in [0.4, 0.5) is 4.79 Å². The van der Waals surface area contributed by atoms with Gasteiger partial charge < -0.3 is 14.8 Å². The minimum absolute atomic E-state index is 0.00398. The number of ether oxygens (including phenoxy) is 2. The number of hydrogen-bond acceptors (Lipinski definition) is 4. The van der Waals surface area contributed by atoms with E-state index in [2.05, 4.69) is 29.6 Å². The summed E-state index contributed by atoms with van der Waals surface area (Å²) in [5.41, 5.74) is 3.69. The van der Waals surface area contributed by atoms with Crippen LogP contribution in [0, 0.1) is 0 Å². The van der Waals surface area contributed by atoms with Crippen molar-refractivity contribution in [1.82, 2.24) is 5.32 Å². The van der Waals surface area contributed by atoms with Gasteiger partial charge in [0.1, 0.15) is 13.2 Å². The van der Waals surface area contributed by atoms with Crippen molar-refractivity contribution in [3.8, 4) is 11.1 Å². The second-order valence-corrected chi connectivity index (χ2v) is 6.36. The molecule has 0 bridgehead atoms. The predicted octanol–water partition coefficient (Wildman–Crippen LogP) is 2.84. The molecule has 0 saturated carbocycles. The summed E-state index contributed by atoms with van der Waals surface area (Å²) in [4.78, 5) is 23.4. The monoisotopic (exact) mass is 323 g/mol. The average Bonchev–Trinajstić information content (AvgIpc) is 2.92. The van der Waals surface area contributed by atoms with Crippen molar-refractivity contribution in [2.75, 3.05) is 13.2 Å². The van der Waals surface area contributed by atoms with Crippen molar-refractivity contribution < 1.29 is 19.1 Å². The van der Waals surface area contributed by atoms with Gasteiger partial charge in [-0.1, -0.05) is 48.5 Å². The molecular formula is C19H17NO4. The van der Waals surface area contributed by atoms with Crippen LogP contribution in [0.25, 0.3) is 11.1 Å². The van der Waals surface area contributed by atoms with E-state index in [0.29, 0.717) is 0 Å². The van der Waals surface area contributed by atoms with Gasteiger partial charge in [0.25, 0.3) is 0 Å². The van der Waals surface area contributed by atoms with Gasteiger partial charge in [-0.25, -0.2) is 9.59 Å². The lowest BCUT2D eigenvalue weighted by atomic mass is 9.98. The Hall–Kier alpha value is -2.82. The van der Waals surface area contributed by atoms with E-state index in [1.54, 1.807) is 6.92 Å². The first-order chi connectivity index (χ1) is 11.6. The summed E-state index contributed by atoms with van der Waals surface area (Å²) in [6.07, 6.45) is -0.601. The number of hydrogen-bond donors (Lipinski definition) is 1. The Morgan fingerprint density at radius 2 is 1.75 bits per heavy atom. The van der Waals surface area contributed by atoms with E-state index in [1.807, 2.05) is 24.3 Å². The Labute approximate surface area is 139 Å². The van der Waals surface area contributed by atoms with Crippen LogP contribution >= 0.6 is 0 Å². The summed E-state index contributed by atoms with van der Waals surface area (Å²) in [5.74, 6) is -0.430. The zero-order chi connectivity index (χ0) is 16.7. The topological polar surface area (TPSA) is 64.6 Å². The summed E-state index contributed by atoms with van der Waals surface area (Å²) >= 11 is 0. The number of nitrogens with one attached hydrogen (secondary N) is 1. The molecule has 1 saturated heterocycles. The van der Waals surface area contributed by atoms with Crippen LogP contribution in [0.1, 0.15) is 24.0 Å². The van der Waals surface area contributed by atoms with Gasteiger partial charge in [-0.05, 0) is 29.2 Å². The minimum atomic E-state index is -0.970. The smallest absolute Gasteiger partial charge is 0.408 e. The van der Waals surface area contributed by atoms with Crippen LogP contribution in [0.3, 0.4) is 0 Å². The molecule has 5 heteroatoms. The van der Waals surface area contributed by atoms with E-state index in [-0.39, 0.29) is 19.1 Å². The highest BCUT2D eigenvalue weighted by Gasteiger charge is 2.46. The summed E-state index contributed by atoms with van der Waals surface area (Å²) in [6.45, 7) is 2.03. The molecule has 2 aromatic carbocycles. The molecule has 5 nitrogen and oxygen atoms in total. The molecule has 24 heavy (non-hydrogen) atoms. The first-order valence-electron chi connectivity index (χ1n) is 7.89. The predicted molar refractivity (Wildman–Crippen MR) is 87.6 cm³/mol. The average molecular weight is 323 g/mol. The molecule has 4 rings (SSSR count). The second-order valence-electron chi connectivity index (χ2n) is 6.36. The molecule has 0 aromatic heterocycles. The molecule has 1 heterocycles. The summed E-state index contributed by atoms with van der Waals surface area (Å²) in [6, 6.07) is 16.3. The molecule has 1 atom stereocenters. The van der Waals surface area contributed by atoms with Gasteiger partial charge >= 0.3 is 12.1 Å². The van der Waals surface area contributed by atoms with Crippen molar-refractivity contribution in [1.29, 1.82) is 0 Å². The lowest BCUT2D eigenvalue weighted by molar-refractivity contribution is -0.173. The molecule has 2 aliphatic rings. The molecule has 0 unspecified atom stereocenters. The Bertz CT molecular complexity index is 786. The first-order valence-corrected chi connectivity index (χ1v) is 7.89. The lowest BCUT2D eigenvalue weighted by Crippen LogP contribution is -2.64. The van der Waals surface area contributed by atoms with Crippen LogP contribution in [-0.4, -0.2) is 30.8 Å². The van der Waals surface area contributed by atoms with Gasteiger partial charge in [0.2, 0.25) is 0 Å². The number of rotatable bonds is 3. The molecule has 0 radical (unpaired) electrons. The third-order valence-electron chi connectivity index (χ3n) is 4.66. The van der Waals surface area contributed by atoms with Crippen LogP contribution in [0.2, 0.25) is 0 Å². The SMILES string of the molecule is C[C@]1(NC(=O)OCC2c3ccccc3-c3ccccc32)COC1=O. The Morgan fingerprint density at radius 1 is 1.17 bits per heavy atom. The van der Waals surface area contributed by atoms with Crippen LogP contribution in [-0.2, 0) is 14.3 Å². The summed E-state index contributed by atoms with van der Waals surface area (Å²) in [5, 5.41) is 2.58. The van der Waals surface area contributed by atoms with E-state index in [1.165, 1.54) is 11.1 Å². The van der Waals surface area contributed by atoms with Crippen LogP contribution in [0.15, 0.2) is 48.5 Å². The maximum atomic E-state index is 12.0. The molecule has 1 amide bonds. The number of carbonyl (C=O) groups is 2. The van der Waals surface area contributed by atoms with Gasteiger partial charge in [0.05, 0.1) is 0 Å². The van der Waals surface area contributed by atoms with Gasteiger partial charge in [-0.3, -0.25) is 0 Å². The van der Waals surface area contributed by atoms with Crippen molar-refractivity contribution in [2.45, 2.75) is 18.4 Å². The Balaban J connectivity index is 1.51. The minimum Gasteiger partial charge on any atom is -0.461 e. The third kappa shape index (κ3) is 2.24. The van der Waals surface area contributed by atoms with Crippen molar-refractivity contribution in [2.24, 2.45) is 0 Å². The molecular weight excluding hydrogens is 306 g/mol. The van der Waals surface area contributed by atoms with Gasteiger partial charge in [-0.15, -0.1) is 0 Å². The highest BCUT2D eigenvalue weighted by Crippen LogP contribution is 2.44. The molecule has 1 fully saturated rings. The fourth-order valence-corrected chi connectivity index (χ4v) is 3.29. The maximum Gasteiger partial charge on any atom is 0.408 e. The number of alkyl carbamates (subject to hydrolysis) is 1. The summed E-state index contributed by atoms with van der Waals surface area (Å²) < 4.78 is 10.1. The number of carbonyl (C=O) groups excluding carboxylic acids is 2. The fraction of sp³-hybridized carbons (Fsp3) is 0.263. The lowest BCUT2D eigenvalue weighted by Gasteiger charge is -2.35. The summed E-state index contributed by atoms with van der Waals surface area (Å²) in [7, 11) is 0. The highest BCUT2D eigenvalue weighted by atomic mass is 16.6. The number of esters is 1. The normalized spacial score (nSPS) is 21.3. The largest absolute Gasteiger partial charge is 0.461 e. The Kier molecular flexibility index (Phi) is 3.30. The van der Waals surface area contributed by atoms with Crippen molar-refractivity contribution in [3.63, 3.8) is 0 Å². The van der Waals surface area contributed by atoms with Crippen molar-refractivity contribution in [3.05, 3.63) is 59.7 Å². The molecule has 2 aromatic rings. The van der Waals surface area contributed by atoms with E-state index in [0.717, 1.165) is 11.1 Å². The number of cyclic esters (lactones) is 1. The van der Waals surface area contributed by atoms with Gasteiger partial charge in [0, 0.05) is 5.92 Å². The van der Waals surface area contributed by atoms with E-state index in [9.17, 15) is 9.59 Å². The zero-order valence-electron chi connectivity index (χ0n) is 13.2. The van der Waals surface area contributed by atoms with Gasteiger partial charge in [0.15, 0.2) is 5.54 Å². The molecule has 1 aliphatic carbocycles. The molecule has 122 valence electrons. The van der Waals surface area contributed by atoms with Crippen molar-refractivity contribution >= 4 is 12.1 Å². The second kappa shape index (κ2) is 5.37. The van der Waals surface area contributed by atoms with Crippen LogP contribution in [0.5, 0.6) is 0 Å². The first kappa shape index (κ1) is 14.8. The quantitative estimate of drug-likeness (QED) is 0.882. The number of benzene rings is 2. The van der Waals surface area contributed by atoms with Crippen LogP contribution < -0.4 is 5.32 Å². The van der Waals surface area contributed by atoms with E-state index < -0.39 is 17.6 Å². The van der Waals surface area contributed by atoms with E-state index >= 15 is 0 Å². The zero-order valence-corrected chi connectivity index (χ0v) is 13.2. The molecule has 1 aliphatic heterocycles.